The number of rotatable bonds is 4. The van der Waals surface area contributed by atoms with E-state index in [1.54, 1.807) is 13.8 Å². The molecule has 0 aliphatic heterocycles. The maximum Gasteiger partial charge on any atom is 0.310 e. The highest BCUT2D eigenvalue weighted by Crippen LogP contribution is 2.19. The molecule has 0 radical (unpaired) electrons. The lowest BCUT2D eigenvalue weighted by molar-refractivity contribution is -0.147. The average molecular weight is 357 g/mol. The minimum atomic E-state index is -0.568. The van der Waals surface area contributed by atoms with Gasteiger partial charge in [0.2, 0.25) is 0 Å². The monoisotopic (exact) mass is 356 g/mol. The van der Waals surface area contributed by atoms with Crippen LogP contribution in [0.15, 0.2) is 27.7 Å². The summed E-state index contributed by atoms with van der Waals surface area (Å²) in [6.07, 6.45) is 1.25. The molecule has 0 aliphatic rings. The molecule has 1 aromatic heterocycles. The molecule has 0 bridgehead atoms. The van der Waals surface area contributed by atoms with Crippen molar-refractivity contribution in [3.8, 4) is 0 Å². The zero-order chi connectivity index (χ0) is 15.6. The lowest BCUT2D eigenvalue weighted by atomic mass is 10.2. The zero-order valence-corrected chi connectivity index (χ0v) is 13.2. The number of halogens is 2. The van der Waals surface area contributed by atoms with Crippen LogP contribution >= 0.6 is 15.9 Å². The van der Waals surface area contributed by atoms with Crippen LogP contribution in [-0.4, -0.2) is 22.1 Å². The predicted molar refractivity (Wildman–Crippen MR) is 79.5 cm³/mol. The lowest BCUT2D eigenvalue weighted by Gasteiger charge is -2.12. The van der Waals surface area contributed by atoms with Crippen molar-refractivity contribution in [2.24, 2.45) is 5.92 Å². The molecule has 1 aromatic carbocycles. The maximum atomic E-state index is 13.7. The minimum Gasteiger partial charge on any atom is -0.466 e. The van der Waals surface area contributed by atoms with Crippen molar-refractivity contribution >= 4 is 32.8 Å². The number of ether oxygens (including phenoxy) is 1. The van der Waals surface area contributed by atoms with Gasteiger partial charge in [0.15, 0.2) is 5.82 Å². The van der Waals surface area contributed by atoms with E-state index < -0.39 is 17.3 Å². The van der Waals surface area contributed by atoms with Crippen molar-refractivity contribution in [2.45, 2.75) is 20.4 Å². The van der Waals surface area contributed by atoms with Crippen molar-refractivity contribution < 1.29 is 13.9 Å². The van der Waals surface area contributed by atoms with Crippen LogP contribution in [-0.2, 0) is 16.1 Å². The second-order valence-electron chi connectivity index (χ2n) is 4.64. The molecule has 1 unspecified atom stereocenters. The second kappa shape index (κ2) is 6.34. The van der Waals surface area contributed by atoms with Crippen LogP contribution in [0.1, 0.15) is 13.8 Å². The number of hydrogen-bond acceptors (Lipinski definition) is 4. The molecule has 1 atom stereocenters. The van der Waals surface area contributed by atoms with Crippen molar-refractivity contribution in [1.82, 2.24) is 9.55 Å². The Hall–Kier alpha value is -1.76. The summed E-state index contributed by atoms with van der Waals surface area (Å²) in [4.78, 5) is 27.9. The van der Waals surface area contributed by atoms with E-state index in [-0.39, 0.29) is 30.0 Å². The van der Waals surface area contributed by atoms with E-state index in [1.165, 1.54) is 23.0 Å². The summed E-state index contributed by atoms with van der Waals surface area (Å²) < 4.78 is 20.4. The molecule has 0 aliphatic carbocycles. The van der Waals surface area contributed by atoms with Crippen LogP contribution in [0.25, 0.3) is 10.9 Å². The molecule has 7 heteroatoms. The predicted octanol–water partition coefficient (Wildman–Crippen LogP) is 2.50. The number of esters is 1. The fraction of sp³-hybridized carbons (Fsp3) is 0.357. The average Bonchev–Trinajstić information content (AvgIpc) is 2.42. The van der Waals surface area contributed by atoms with Crippen LogP contribution in [0.4, 0.5) is 4.39 Å². The summed E-state index contributed by atoms with van der Waals surface area (Å²) in [5.41, 5.74) is -0.375. The van der Waals surface area contributed by atoms with Crippen LogP contribution in [0.3, 0.4) is 0 Å². The summed E-state index contributed by atoms with van der Waals surface area (Å²) in [7, 11) is 0. The molecule has 112 valence electrons. The third-order valence-electron chi connectivity index (χ3n) is 3.01. The fourth-order valence-electron chi connectivity index (χ4n) is 1.98. The van der Waals surface area contributed by atoms with E-state index in [0.29, 0.717) is 4.47 Å². The van der Waals surface area contributed by atoms with Gasteiger partial charge in [-0.1, -0.05) is 22.9 Å². The molecular formula is C14H14BrFN2O3. The lowest BCUT2D eigenvalue weighted by Crippen LogP contribution is -2.28. The summed E-state index contributed by atoms with van der Waals surface area (Å²) in [6, 6.07) is 2.76. The van der Waals surface area contributed by atoms with Gasteiger partial charge in [-0.25, -0.2) is 9.37 Å². The fourth-order valence-corrected chi connectivity index (χ4v) is 2.41. The molecule has 0 spiro atoms. The van der Waals surface area contributed by atoms with E-state index in [2.05, 4.69) is 20.9 Å². The number of aromatic nitrogens is 2. The minimum absolute atomic E-state index is 0.0169. The van der Waals surface area contributed by atoms with Gasteiger partial charge in [-0.15, -0.1) is 0 Å². The highest BCUT2D eigenvalue weighted by molar-refractivity contribution is 9.10. The third-order valence-corrected chi connectivity index (χ3v) is 3.46. The maximum absolute atomic E-state index is 13.7. The normalized spacial score (nSPS) is 12.4. The topological polar surface area (TPSA) is 61.2 Å². The summed E-state index contributed by atoms with van der Waals surface area (Å²) in [5, 5.41) is 0.167. The number of hydrogen-bond donors (Lipinski definition) is 0. The van der Waals surface area contributed by atoms with Crippen LogP contribution in [0.2, 0.25) is 0 Å². The van der Waals surface area contributed by atoms with E-state index in [4.69, 9.17) is 4.74 Å². The molecule has 0 saturated carbocycles. The first-order chi connectivity index (χ1) is 9.93. The molecule has 5 nitrogen and oxygen atoms in total. The smallest absolute Gasteiger partial charge is 0.310 e. The Balaban J connectivity index is 2.41. The number of fused-ring (bicyclic) bond motifs is 1. The number of benzene rings is 1. The van der Waals surface area contributed by atoms with Gasteiger partial charge in [0.05, 0.1) is 24.2 Å². The molecular weight excluding hydrogens is 343 g/mol. The highest BCUT2D eigenvalue weighted by Gasteiger charge is 2.17. The first kappa shape index (κ1) is 15.6. The number of carbonyl (C=O) groups is 1. The Bertz CT molecular complexity index is 745. The van der Waals surface area contributed by atoms with Gasteiger partial charge in [0, 0.05) is 11.0 Å². The molecule has 1 heterocycles. The van der Waals surface area contributed by atoms with Gasteiger partial charge >= 0.3 is 5.97 Å². The Kier molecular flexibility index (Phi) is 4.72. The van der Waals surface area contributed by atoms with Gasteiger partial charge in [-0.05, 0) is 19.1 Å². The van der Waals surface area contributed by atoms with Gasteiger partial charge < -0.3 is 4.74 Å². The molecule has 2 aromatic rings. The number of carbonyl (C=O) groups excluding carboxylic acids is 1. The Morgan fingerprint density at radius 1 is 1.52 bits per heavy atom. The molecule has 0 fully saturated rings. The Labute approximate surface area is 128 Å². The quantitative estimate of drug-likeness (QED) is 0.789. The first-order valence-electron chi connectivity index (χ1n) is 6.44. The zero-order valence-electron chi connectivity index (χ0n) is 11.6. The van der Waals surface area contributed by atoms with Crippen molar-refractivity contribution in [1.29, 1.82) is 0 Å². The van der Waals surface area contributed by atoms with Gasteiger partial charge in [-0.3, -0.25) is 14.2 Å². The largest absolute Gasteiger partial charge is 0.466 e. The summed E-state index contributed by atoms with van der Waals surface area (Å²) in [5.74, 6) is -1.44. The van der Waals surface area contributed by atoms with Crippen LogP contribution in [0, 0.1) is 11.7 Å². The van der Waals surface area contributed by atoms with Gasteiger partial charge in [0.1, 0.15) is 5.52 Å². The van der Waals surface area contributed by atoms with Crippen molar-refractivity contribution in [3.63, 3.8) is 0 Å². The van der Waals surface area contributed by atoms with E-state index in [9.17, 15) is 14.0 Å². The van der Waals surface area contributed by atoms with E-state index >= 15 is 0 Å². The van der Waals surface area contributed by atoms with E-state index in [0.717, 1.165) is 0 Å². The Morgan fingerprint density at radius 3 is 2.90 bits per heavy atom. The third kappa shape index (κ3) is 3.29. The van der Waals surface area contributed by atoms with E-state index in [1.807, 2.05) is 0 Å². The second-order valence-corrected chi connectivity index (χ2v) is 5.55. The van der Waals surface area contributed by atoms with Gasteiger partial charge in [-0.2, -0.15) is 0 Å². The first-order valence-corrected chi connectivity index (χ1v) is 7.24. The van der Waals surface area contributed by atoms with Crippen LogP contribution in [0.5, 0.6) is 0 Å². The van der Waals surface area contributed by atoms with Crippen molar-refractivity contribution in [3.05, 3.63) is 39.1 Å². The highest BCUT2D eigenvalue weighted by atomic mass is 79.9. The Morgan fingerprint density at radius 2 is 2.24 bits per heavy atom. The van der Waals surface area contributed by atoms with Crippen LogP contribution < -0.4 is 5.56 Å². The number of nitrogens with zero attached hydrogens (tertiary/aromatic N) is 2. The SMILES string of the molecule is CCOC(=O)C(C)Cn1cnc2c(F)cc(Br)cc2c1=O. The van der Waals surface area contributed by atoms with Gasteiger partial charge in [0.25, 0.3) is 5.56 Å². The molecule has 21 heavy (non-hydrogen) atoms. The van der Waals surface area contributed by atoms with Crippen molar-refractivity contribution in [2.75, 3.05) is 6.61 Å². The molecule has 0 N–H and O–H groups in total. The summed E-state index contributed by atoms with van der Waals surface area (Å²) in [6.45, 7) is 3.80. The standard InChI is InChI=1S/C14H14BrFN2O3/c1-3-21-14(20)8(2)6-18-7-17-12-10(13(18)19)4-9(15)5-11(12)16/h4-5,7-8H,3,6H2,1-2H3. The molecule has 0 saturated heterocycles. The molecule has 2 rings (SSSR count). The summed E-state index contributed by atoms with van der Waals surface area (Å²) >= 11 is 3.15. The molecule has 0 amide bonds.